The Morgan fingerprint density at radius 2 is 1.59 bits per heavy atom. The summed E-state index contributed by atoms with van der Waals surface area (Å²) in [7, 11) is 1.62. The lowest BCUT2D eigenvalue weighted by Gasteiger charge is -2.11. The maximum Gasteiger partial charge on any atom is 0.252 e. The van der Waals surface area contributed by atoms with Gasteiger partial charge in [0.1, 0.15) is 18.1 Å². The normalized spacial score (nSPS) is 11.0. The maximum atomic E-state index is 12.9. The Labute approximate surface area is 175 Å². The van der Waals surface area contributed by atoms with E-state index in [0.717, 1.165) is 22.6 Å². The summed E-state index contributed by atoms with van der Waals surface area (Å²) >= 11 is 6.27. The van der Waals surface area contributed by atoms with Crippen molar-refractivity contribution in [3.63, 3.8) is 0 Å². The highest BCUT2D eigenvalue weighted by Gasteiger charge is 2.12. The van der Waals surface area contributed by atoms with Crippen molar-refractivity contribution in [1.29, 1.82) is 0 Å². The van der Waals surface area contributed by atoms with Crippen molar-refractivity contribution in [1.82, 2.24) is 5.32 Å². The summed E-state index contributed by atoms with van der Waals surface area (Å²) in [6.45, 7) is 0.726. The molecule has 0 atom stereocenters. The molecule has 0 radical (unpaired) electrons. The van der Waals surface area contributed by atoms with Crippen molar-refractivity contribution in [2.24, 2.45) is 0 Å². The second-order valence-electron chi connectivity index (χ2n) is 6.23. The van der Waals surface area contributed by atoms with Gasteiger partial charge in [0.25, 0.3) is 5.91 Å². The molecule has 1 N–H and O–H groups in total. The Kier molecular flexibility index (Phi) is 7.31. The van der Waals surface area contributed by atoms with Crippen molar-refractivity contribution in [2.75, 3.05) is 20.3 Å². The van der Waals surface area contributed by atoms with E-state index in [4.69, 9.17) is 21.1 Å². The summed E-state index contributed by atoms with van der Waals surface area (Å²) in [6, 6.07) is 24.2. The molecule has 0 saturated heterocycles. The zero-order chi connectivity index (χ0) is 20.5. The number of amides is 1. The molecule has 0 unspecified atom stereocenters. The summed E-state index contributed by atoms with van der Waals surface area (Å²) in [5.74, 6) is 1.30. The van der Waals surface area contributed by atoms with E-state index in [9.17, 15) is 4.79 Å². The fourth-order valence-electron chi connectivity index (χ4n) is 2.75. The predicted molar refractivity (Wildman–Crippen MR) is 117 cm³/mol. The Morgan fingerprint density at radius 1 is 0.931 bits per heavy atom. The van der Waals surface area contributed by atoms with Crippen molar-refractivity contribution in [2.45, 2.75) is 0 Å². The van der Waals surface area contributed by atoms with Gasteiger partial charge in [-0.05, 0) is 47.5 Å². The van der Waals surface area contributed by atoms with Crippen LogP contribution in [0.15, 0.2) is 78.9 Å². The number of ether oxygens (including phenoxy) is 2. The lowest BCUT2D eigenvalue weighted by atomic mass is 10.0. The highest BCUT2D eigenvalue weighted by Crippen LogP contribution is 2.23. The van der Waals surface area contributed by atoms with Gasteiger partial charge in [-0.3, -0.25) is 4.79 Å². The lowest BCUT2D eigenvalue weighted by molar-refractivity contribution is -0.115. The SMILES string of the molecule is COc1ccc(OCCNC(=O)/C(=C/c2ccccc2Cl)c2ccccc2)cc1. The van der Waals surface area contributed by atoms with Gasteiger partial charge < -0.3 is 14.8 Å². The number of nitrogens with one attached hydrogen (secondary N) is 1. The predicted octanol–water partition coefficient (Wildman–Crippen LogP) is 5.08. The number of carbonyl (C=O) groups is 1. The van der Waals surface area contributed by atoms with Crippen LogP contribution in [0.3, 0.4) is 0 Å². The molecule has 0 bridgehead atoms. The van der Waals surface area contributed by atoms with Gasteiger partial charge in [0.2, 0.25) is 0 Å². The monoisotopic (exact) mass is 407 g/mol. The quantitative estimate of drug-likeness (QED) is 0.321. The van der Waals surface area contributed by atoms with Gasteiger partial charge in [0.15, 0.2) is 0 Å². The van der Waals surface area contributed by atoms with E-state index in [1.54, 1.807) is 19.3 Å². The zero-order valence-electron chi connectivity index (χ0n) is 16.1. The van der Waals surface area contributed by atoms with Crippen LogP contribution in [0.2, 0.25) is 5.02 Å². The molecule has 0 aliphatic carbocycles. The third-order valence-corrected chi connectivity index (χ3v) is 4.59. The van der Waals surface area contributed by atoms with Crippen LogP contribution in [0.25, 0.3) is 11.6 Å². The molecule has 3 rings (SSSR count). The van der Waals surface area contributed by atoms with E-state index in [-0.39, 0.29) is 5.91 Å². The number of benzene rings is 3. The molecule has 1 amide bonds. The summed E-state index contributed by atoms with van der Waals surface area (Å²) in [6.07, 6.45) is 1.80. The summed E-state index contributed by atoms with van der Waals surface area (Å²) in [5.41, 5.74) is 2.15. The molecular weight excluding hydrogens is 386 g/mol. The fourth-order valence-corrected chi connectivity index (χ4v) is 2.94. The van der Waals surface area contributed by atoms with E-state index in [1.807, 2.05) is 72.8 Å². The van der Waals surface area contributed by atoms with E-state index >= 15 is 0 Å². The number of methoxy groups -OCH3 is 1. The number of rotatable bonds is 8. The van der Waals surface area contributed by atoms with Crippen LogP contribution in [0.5, 0.6) is 11.5 Å². The Bertz CT molecular complexity index is 969. The van der Waals surface area contributed by atoms with Gasteiger partial charge in [-0.15, -0.1) is 0 Å². The molecule has 3 aromatic carbocycles. The minimum absolute atomic E-state index is 0.186. The van der Waals surface area contributed by atoms with E-state index in [1.165, 1.54) is 0 Å². The summed E-state index contributed by atoms with van der Waals surface area (Å²) in [5, 5.41) is 3.51. The average Bonchev–Trinajstić information content (AvgIpc) is 2.77. The molecule has 0 heterocycles. The molecule has 4 nitrogen and oxygen atoms in total. The molecule has 5 heteroatoms. The largest absolute Gasteiger partial charge is 0.497 e. The van der Waals surface area contributed by atoms with Crippen molar-refractivity contribution < 1.29 is 14.3 Å². The first-order chi connectivity index (χ1) is 14.2. The smallest absolute Gasteiger partial charge is 0.252 e. The van der Waals surface area contributed by atoms with Crippen LogP contribution in [0, 0.1) is 0 Å². The van der Waals surface area contributed by atoms with Crippen LogP contribution < -0.4 is 14.8 Å². The summed E-state index contributed by atoms with van der Waals surface area (Å²) < 4.78 is 10.8. The first-order valence-electron chi connectivity index (χ1n) is 9.24. The third-order valence-electron chi connectivity index (χ3n) is 4.25. The van der Waals surface area contributed by atoms with Gasteiger partial charge in [0, 0.05) is 10.6 Å². The van der Waals surface area contributed by atoms with Gasteiger partial charge in [0.05, 0.1) is 13.7 Å². The lowest BCUT2D eigenvalue weighted by Crippen LogP contribution is -2.28. The van der Waals surface area contributed by atoms with Crippen molar-refractivity contribution >= 4 is 29.2 Å². The molecule has 0 aliphatic heterocycles. The second kappa shape index (κ2) is 10.3. The standard InChI is InChI=1S/C24H22ClNO3/c1-28-20-11-13-21(14-12-20)29-16-15-26-24(27)22(18-7-3-2-4-8-18)17-19-9-5-6-10-23(19)25/h2-14,17H,15-16H2,1H3,(H,26,27)/b22-17+. The first kappa shape index (κ1) is 20.5. The molecule has 0 fully saturated rings. The maximum absolute atomic E-state index is 12.9. The van der Waals surface area contributed by atoms with E-state index in [0.29, 0.717) is 23.7 Å². The van der Waals surface area contributed by atoms with Crippen molar-refractivity contribution in [3.05, 3.63) is 95.0 Å². The van der Waals surface area contributed by atoms with Gasteiger partial charge in [-0.25, -0.2) is 0 Å². The van der Waals surface area contributed by atoms with E-state index < -0.39 is 0 Å². The van der Waals surface area contributed by atoms with Gasteiger partial charge >= 0.3 is 0 Å². The minimum atomic E-state index is -0.186. The Hall–Kier alpha value is -3.24. The third kappa shape index (κ3) is 5.87. The van der Waals surface area contributed by atoms with Crippen molar-refractivity contribution in [3.8, 4) is 11.5 Å². The molecule has 0 saturated carbocycles. The van der Waals surface area contributed by atoms with Crippen LogP contribution in [0.1, 0.15) is 11.1 Å². The zero-order valence-corrected chi connectivity index (χ0v) is 16.9. The fraction of sp³-hybridized carbons (Fsp3) is 0.125. The molecule has 0 spiro atoms. The first-order valence-corrected chi connectivity index (χ1v) is 9.62. The highest BCUT2D eigenvalue weighted by atomic mass is 35.5. The molecule has 3 aromatic rings. The van der Waals surface area contributed by atoms with Gasteiger partial charge in [-0.1, -0.05) is 60.1 Å². The summed E-state index contributed by atoms with van der Waals surface area (Å²) in [4.78, 5) is 12.9. The molecule has 0 aromatic heterocycles. The van der Waals surface area contributed by atoms with E-state index in [2.05, 4.69) is 5.32 Å². The number of carbonyl (C=O) groups excluding carboxylic acids is 1. The topological polar surface area (TPSA) is 47.6 Å². The average molecular weight is 408 g/mol. The second-order valence-corrected chi connectivity index (χ2v) is 6.63. The molecule has 148 valence electrons. The number of hydrogen-bond donors (Lipinski definition) is 1. The van der Waals surface area contributed by atoms with Gasteiger partial charge in [-0.2, -0.15) is 0 Å². The van der Waals surface area contributed by atoms with Crippen LogP contribution >= 0.6 is 11.6 Å². The minimum Gasteiger partial charge on any atom is -0.497 e. The molecule has 29 heavy (non-hydrogen) atoms. The number of halogens is 1. The Balaban J connectivity index is 1.66. The molecular formula is C24H22ClNO3. The Morgan fingerprint density at radius 3 is 2.28 bits per heavy atom. The molecule has 0 aliphatic rings. The number of hydrogen-bond acceptors (Lipinski definition) is 3. The van der Waals surface area contributed by atoms with Crippen LogP contribution in [-0.4, -0.2) is 26.2 Å². The van der Waals surface area contributed by atoms with Crippen LogP contribution in [0.4, 0.5) is 0 Å². The highest BCUT2D eigenvalue weighted by molar-refractivity contribution is 6.33. The van der Waals surface area contributed by atoms with Crippen LogP contribution in [-0.2, 0) is 4.79 Å².